The molecule has 0 aliphatic heterocycles. The van der Waals surface area contributed by atoms with E-state index >= 15 is 0 Å². The quantitative estimate of drug-likeness (QED) is 0.563. The van der Waals surface area contributed by atoms with Crippen LogP contribution in [0.5, 0.6) is 0 Å². The Bertz CT molecular complexity index is 967. The second-order valence-corrected chi connectivity index (χ2v) is 5.83. The number of halogens is 1. The predicted molar refractivity (Wildman–Crippen MR) is 98.5 cm³/mol. The molecular weight excluding hydrogens is 331 g/mol. The summed E-state index contributed by atoms with van der Waals surface area (Å²) < 4.78 is 13.6. The van der Waals surface area contributed by atoms with Gasteiger partial charge in [-0.3, -0.25) is 4.79 Å². The highest BCUT2D eigenvalue weighted by Gasteiger charge is 2.24. The van der Waals surface area contributed by atoms with Crippen molar-refractivity contribution in [1.82, 2.24) is 0 Å². The SMILES string of the molecule is O=C(CON=C1c2ccccc2-c2ccccc21)Nc1ccccc1F. The van der Waals surface area contributed by atoms with Crippen molar-refractivity contribution in [3.05, 3.63) is 89.7 Å². The first-order valence-electron chi connectivity index (χ1n) is 8.17. The van der Waals surface area contributed by atoms with E-state index in [4.69, 9.17) is 4.84 Å². The minimum Gasteiger partial charge on any atom is -0.385 e. The standard InChI is InChI=1S/C21H15FN2O2/c22-18-11-5-6-12-19(18)23-20(25)13-26-24-21-16-9-3-1-7-14(16)15-8-2-4-10-17(15)21/h1-12H,13H2,(H,23,25). The number of hydrogen-bond acceptors (Lipinski definition) is 3. The molecule has 1 aliphatic carbocycles. The molecule has 0 saturated carbocycles. The largest absolute Gasteiger partial charge is 0.385 e. The fourth-order valence-corrected chi connectivity index (χ4v) is 3.00. The Morgan fingerprint density at radius 1 is 0.846 bits per heavy atom. The molecule has 0 aromatic heterocycles. The number of carbonyl (C=O) groups is 1. The van der Waals surface area contributed by atoms with Gasteiger partial charge in [0.1, 0.15) is 11.5 Å². The highest BCUT2D eigenvalue weighted by Crippen LogP contribution is 2.36. The zero-order valence-electron chi connectivity index (χ0n) is 13.8. The first-order valence-corrected chi connectivity index (χ1v) is 8.17. The number of oxime groups is 1. The fourth-order valence-electron chi connectivity index (χ4n) is 3.00. The van der Waals surface area contributed by atoms with Crippen LogP contribution in [-0.4, -0.2) is 18.2 Å². The Morgan fingerprint density at radius 3 is 2.00 bits per heavy atom. The highest BCUT2D eigenvalue weighted by atomic mass is 19.1. The van der Waals surface area contributed by atoms with Gasteiger partial charge in [0.15, 0.2) is 6.61 Å². The second kappa shape index (κ2) is 6.80. The van der Waals surface area contributed by atoms with E-state index in [1.165, 1.54) is 12.1 Å². The number of rotatable bonds is 4. The molecule has 1 N–H and O–H groups in total. The molecule has 1 aliphatic rings. The number of nitrogens with one attached hydrogen (secondary N) is 1. The highest BCUT2D eigenvalue weighted by molar-refractivity contribution is 6.24. The third kappa shape index (κ3) is 2.95. The first kappa shape index (κ1) is 16.0. The van der Waals surface area contributed by atoms with E-state index in [9.17, 15) is 9.18 Å². The van der Waals surface area contributed by atoms with Crippen LogP contribution in [0.2, 0.25) is 0 Å². The van der Waals surface area contributed by atoms with Gasteiger partial charge in [-0.15, -0.1) is 0 Å². The number of benzene rings is 3. The van der Waals surface area contributed by atoms with Crippen molar-refractivity contribution in [1.29, 1.82) is 0 Å². The van der Waals surface area contributed by atoms with Gasteiger partial charge in [0.25, 0.3) is 5.91 Å². The summed E-state index contributed by atoms with van der Waals surface area (Å²) in [5.41, 5.74) is 4.90. The van der Waals surface area contributed by atoms with Crippen molar-refractivity contribution in [3.63, 3.8) is 0 Å². The average Bonchev–Trinajstić information content (AvgIpc) is 2.98. The van der Waals surface area contributed by atoms with Crippen LogP contribution in [0.15, 0.2) is 78.0 Å². The molecule has 3 aromatic carbocycles. The van der Waals surface area contributed by atoms with Gasteiger partial charge in [-0.05, 0) is 23.3 Å². The summed E-state index contributed by atoms with van der Waals surface area (Å²) in [6, 6.07) is 21.8. The summed E-state index contributed by atoms with van der Waals surface area (Å²) in [6.07, 6.45) is 0. The van der Waals surface area contributed by atoms with Gasteiger partial charge >= 0.3 is 0 Å². The second-order valence-electron chi connectivity index (χ2n) is 5.83. The minimum atomic E-state index is -0.495. The number of carbonyl (C=O) groups excluding carboxylic acids is 1. The van der Waals surface area contributed by atoms with Gasteiger partial charge in [-0.1, -0.05) is 65.8 Å². The van der Waals surface area contributed by atoms with Crippen molar-refractivity contribution >= 4 is 17.3 Å². The number of anilines is 1. The van der Waals surface area contributed by atoms with Gasteiger partial charge in [0.05, 0.1) is 5.69 Å². The van der Waals surface area contributed by atoms with Gasteiger partial charge in [0.2, 0.25) is 0 Å². The van der Waals surface area contributed by atoms with Crippen LogP contribution >= 0.6 is 0 Å². The Hall–Kier alpha value is -3.47. The van der Waals surface area contributed by atoms with Crippen LogP contribution in [0.3, 0.4) is 0 Å². The molecule has 1 amide bonds. The van der Waals surface area contributed by atoms with E-state index in [2.05, 4.69) is 10.5 Å². The molecule has 0 spiro atoms. The molecule has 0 atom stereocenters. The number of hydrogen-bond donors (Lipinski definition) is 1. The molecule has 128 valence electrons. The number of nitrogens with zero attached hydrogens (tertiary/aromatic N) is 1. The zero-order valence-corrected chi connectivity index (χ0v) is 13.8. The van der Waals surface area contributed by atoms with E-state index in [1.807, 2.05) is 48.5 Å². The summed E-state index contributed by atoms with van der Waals surface area (Å²) in [4.78, 5) is 17.2. The van der Waals surface area contributed by atoms with Gasteiger partial charge in [0, 0.05) is 11.1 Å². The first-order chi connectivity index (χ1) is 12.7. The lowest BCUT2D eigenvalue weighted by atomic mass is 10.1. The third-order valence-corrected chi connectivity index (χ3v) is 4.15. The normalized spacial score (nSPS) is 11.5. The van der Waals surface area contributed by atoms with Crippen LogP contribution in [-0.2, 0) is 9.63 Å². The molecule has 0 unspecified atom stereocenters. The lowest BCUT2D eigenvalue weighted by Gasteiger charge is -2.06. The molecule has 0 heterocycles. The monoisotopic (exact) mass is 346 g/mol. The van der Waals surface area contributed by atoms with E-state index in [-0.39, 0.29) is 12.3 Å². The molecule has 4 rings (SSSR count). The molecule has 0 radical (unpaired) electrons. The van der Waals surface area contributed by atoms with Gasteiger partial charge in [-0.25, -0.2) is 4.39 Å². The Labute approximate surface area is 149 Å². The van der Waals surface area contributed by atoms with Gasteiger partial charge in [-0.2, -0.15) is 0 Å². The van der Waals surface area contributed by atoms with Crippen LogP contribution < -0.4 is 5.32 Å². The van der Waals surface area contributed by atoms with Crippen molar-refractivity contribution in [3.8, 4) is 11.1 Å². The van der Waals surface area contributed by atoms with E-state index in [0.717, 1.165) is 22.3 Å². The number of fused-ring (bicyclic) bond motifs is 3. The van der Waals surface area contributed by atoms with Crippen LogP contribution in [0.4, 0.5) is 10.1 Å². The molecule has 3 aromatic rings. The van der Waals surface area contributed by atoms with Crippen molar-refractivity contribution in [2.24, 2.45) is 5.16 Å². The van der Waals surface area contributed by atoms with Crippen molar-refractivity contribution < 1.29 is 14.0 Å². The Morgan fingerprint density at radius 2 is 1.38 bits per heavy atom. The zero-order chi connectivity index (χ0) is 17.9. The van der Waals surface area contributed by atoms with Crippen molar-refractivity contribution in [2.45, 2.75) is 0 Å². The summed E-state index contributed by atoms with van der Waals surface area (Å²) >= 11 is 0. The van der Waals surface area contributed by atoms with E-state index in [1.54, 1.807) is 12.1 Å². The number of amides is 1. The van der Waals surface area contributed by atoms with Crippen LogP contribution in [0, 0.1) is 5.82 Å². The topological polar surface area (TPSA) is 50.7 Å². The Balaban J connectivity index is 1.51. The smallest absolute Gasteiger partial charge is 0.265 e. The molecule has 5 heteroatoms. The van der Waals surface area contributed by atoms with Crippen LogP contribution in [0.25, 0.3) is 11.1 Å². The average molecular weight is 346 g/mol. The van der Waals surface area contributed by atoms with E-state index in [0.29, 0.717) is 5.71 Å². The predicted octanol–water partition coefficient (Wildman–Crippen LogP) is 4.21. The Kier molecular flexibility index (Phi) is 4.19. The summed E-state index contributed by atoms with van der Waals surface area (Å²) in [7, 11) is 0. The molecular formula is C21H15FN2O2. The summed E-state index contributed by atoms with van der Waals surface area (Å²) in [6.45, 7) is -0.303. The maximum absolute atomic E-state index is 13.6. The summed E-state index contributed by atoms with van der Waals surface area (Å²) in [5.74, 6) is -0.968. The minimum absolute atomic E-state index is 0.116. The van der Waals surface area contributed by atoms with Gasteiger partial charge < -0.3 is 10.2 Å². The third-order valence-electron chi connectivity index (χ3n) is 4.15. The maximum atomic E-state index is 13.6. The molecule has 0 bridgehead atoms. The van der Waals surface area contributed by atoms with E-state index < -0.39 is 11.7 Å². The molecule has 26 heavy (non-hydrogen) atoms. The maximum Gasteiger partial charge on any atom is 0.265 e. The van der Waals surface area contributed by atoms with Crippen molar-refractivity contribution in [2.75, 3.05) is 11.9 Å². The molecule has 0 fully saturated rings. The molecule has 0 saturated heterocycles. The lowest BCUT2D eigenvalue weighted by Crippen LogP contribution is -2.18. The fraction of sp³-hybridized carbons (Fsp3) is 0.0476. The van der Waals surface area contributed by atoms with Crippen LogP contribution in [0.1, 0.15) is 11.1 Å². The summed E-state index contributed by atoms with van der Waals surface area (Å²) in [5, 5.41) is 6.64. The lowest BCUT2D eigenvalue weighted by molar-refractivity contribution is -0.120. The molecule has 4 nitrogen and oxygen atoms in total. The number of para-hydroxylation sites is 1.